The molecule has 0 aliphatic heterocycles. The highest BCUT2D eigenvalue weighted by Crippen LogP contribution is 2.23. The number of hydrogen-bond donors (Lipinski definition) is 2. The van der Waals surface area contributed by atoms with Gasteiger partial charge in [0.1, 0.15) is 0 Å². The van der Waals surface area contributed by atoms with Crippen LogP contribution in [0.4, 0.5) is 11.4 Å². The third kappa shape index (κ3) is 7.21. The highest BCUT2D eigenvalue weighted by Gasteiger charge is 2.11. The molecule has 0 radical (unpaired) electrons. The Hall–Kier alpha value is -3.17. The summed E-state index contributed by atoms with van der Waals surface area (Å²) in [6, 6.07) is 14.1. The number of nitrogens with zero attached hydrogens (tertiary/aromatic N) is 1. The molecule has 2 N–H and O–H groups in total. The number of ether oxygens (including phenoxy) is 1. The van der Waals surface area contributed by atoms with E-state index in [4.69, 9.17) is 4.74 Å². The van der Waals surface area contributed by atoms with Crippen LogP contribution < -0.4 is 10.6 Å². The predicted molar refractivity (Wildman–Crippen MR) is 127 cm³/mol. The average molecular weight is 470 g/mol. The molecule has 2 aromatic carbocycles. The first-order valence-electron chi connectivity index (χ1n) is 9.93. The maximum Gasteiger partial charge on any atom is 0.338 e. The zero-order chi connectivity index (χ0) is 22.9. The molecular formula is C23H23N3O4S2. The largest absolute Gasteiger partial charge is 0.462 e. The zero-order valence-corrected chi connectivity index (χ0v) is 19.3. The van der Waals surface area contributed by atoms with Gasteiger partial charge in [-0.3, -0.25) is 9.59 Å². The van der Waals surface area contributed by atoms with Crippen molar-refractivity contribution in [2.45, 2.75) is 24.6 Å². The number of thiazole rings is 1. The molecule has 1 aromatic heterocycles. The van der Waals surface area contributed by atoms with E-state index < -0.39 is 5.97 Å². The van der Waals surface area contributed by atoms with Crippen molar-refractivity contribution in [2.24, 2.45) is 0 Å². The molecule has 0 fully saturated rings. The molecule has 0 saturated carbocycles. The van der Waals surface area contributed by atoms with Gasteiger partial charge in [0.15, 0.2) is 4.34 Å². The summed E-state index contributed by atoms with van der Waals surface area (Å²) in [5.74, 6) is -0.488. The van der Waals surface area contributed by atoms with Crippen LogP contribution in [-0.2, 0) is 20.7 Å². The molecular weight excluding hydrogens is 446 g/mol. The number of rotatable bonds is 9. The smallest absolute Gasteiger partial charge is 0.338 e. The summed E-state index contributed by atoms with van der Waals surface area (Å²) in [6.45, 7) is 4.04. The normalized spacial score (nSPS) is 10.4. The molecule has 0 aliphatic rings. The van der Waals surface area contributed by atoms with Crippen molar-refractivity contribution in [3.63, 3.8) is 0 Å². The lowest BCUT2D eigenvalue weighted by Crippen LogP contribution is -2.15. The van der Waals surface area contributed by atoms with E-state index in [1.807, 2.05) is 36.6 Å². The molecule has 0 saturated heterocycles. The van der Waals surface area contributed by atoms with Crippen molar-refractivity contribution in [3.8, 4) is 0 Å². The zero-order valence-electron chi connectivity index (χ0n) is 17.7. The number of aryl methyl sites for hydroxylation is 1. The molecule has 2 amide bonds. The number of carbonyl (C=O) groups is 3. The van der Waals surface area contributed by atoms with Gasteiger partial charge in [-0.2, -0.15) is 0 Å². The highest BCUT2D eigenvalue weighted by atomic mass is 32.2. The van der Waals surface area contributed by atoms with Crippen molar-refractivity contribution in [1.82, 2.24) is 4.98 Å². The number of carbonyl (C=O) groups excluding carboxylic acids is 3. The molecule has 0 atom stereocenters. The number of amides is 2. The fourth-order valence-corrected chi connectivity index (χ4v) is 4.32. The molecule has 166 valence electrons. The predicted octanol–water partition coefficient (Wildman–Crippen LogP) is 4.54. The van der Waals surface area contributed by atoms with Crippen LogP contribution in [0.3, 0.4) is 0 Å². The Morgan fingerprint density at radius 1 is 0.969 bits per heavy atom. The van der Waals surface area contributed by atoms with Crippen LogP contribution in [0.25, 0.3) is 0 Å². The molecule has 9 heteroatoms. The maximum absolute atomic E-state index is 12.3. The molecule has 0 unspecified atom stereocenters. The minimum atomic E-state index is -0.398. The van der Waals surface area contributed by atoms with E-state index in [9.17, 15) is 14.4 Å². The van der Waals surface area contributed by atoms with Gasteiger partial charge < -0.3 is 15.4 Å². The van der Waals surface area contributed by atoms with Crippen LogP contribution >= 0.6 is 23.1 Å². The first-order chi connectivity index (χ1) is 15.4. The maximum atomic E-state index is 12.3. The van der Waals surface area contributed by atoms with Gasteiger partial charge in [0.25, 0.3) is 0 Å². The SMILES string of the molecule is CCOC(=O)c1ccc(NC(=O)Cc2csc(SCC(=O)Nc3ccc(C)cc3)n2)cc1. The van der Waals surface area contributed by atoms with Crippen molar-refractivity contribution in [2.75, 3.05) is 23.0 Å². The van der Waals surface area contributed by atoms with Crippen molar-refractivity contribution >= 4 is 52.3 Å². The lowest BCUT2D eigenvalue weighted by atomic mass is 10.2. The average Bonchev–Trinajstić information content (AvgIpc) is 3.21. The summed E-state index contributed by atoms with van der Waals surface area (Å²) in [6.07, 6.45) is 0.117. The molecule has 0 spiro atoms. The molecule has 0 aliphatic carbocycles. The Morgan fingerprint density at radius 3 is 2.25 bits per heavy atom. The highest BCUT2D eigenvalue weighted by molar-refractivity contribution is 8.01. The van der Waals surface area contributed by atoms with E-state index in [0.717, 1.165) is 15.6 Å². The van der Waals surface area contributed by atoms with Crippen LogP contribution in [0.2, 0.25) is 0 Å². The van der Waals surface area contributed by atoms with Gasteiger partial charge in [-0.05, 0) is 50.2 Å². The first-order valence-corrected chi connectivity index (χ1v) is 11.8. The topological polar surface area (TPSA) is 97.4 Å². The fraction of sp³-hybridized carbons (Fsp3) is 0.217. The summed E-state index contributed by atoms with van der Waals surface area (Å²) in [4.78, 5) is 40.5. The second-order valence-corrected chi connectivity index (χ2v) is 8.91. The Labute approximate surface area is 194 Å². The number of anilines is 2. The van der Waals surface area contributed by atoms with E-state index in [1.54, 1.807) is 31.2 Å². The van der Waals surface area contributed by atoms with E-state index in [0.29, 0.717) is 23.6 Å². The summed E-state index contributed by atoms with van der Waals surface area (Å²) < 4.78 is 5.67. The molecule has 32 heavy (non-hydrogen) atoms. The van der Waals surface area contributed by atoms with Crippen molar-refractivity contribution in [3.05, 3.63) is 70.7 Å². The third-order valence-corrected chi connectivity index (χ3v) is 6.28. The van der Waals surface area contributed by atoms with Gasteiger partial charge in [-0.15, -0.1) is 11.3 Å². The summed E-state index contributed by atoms with van der Waals surface area (Å²) >= 11 is 2.73. The Bertz CT molecular complexity index is 1080. The molecule has 3 rings (SSSR count). The minimum absolute atomic E-state index is 0.111. The second kappa shape index (κ2) is 11.4. The monoisotopic (exact) mass is 469 g/mol. The Kier molecular flexibility index (Phi) is 8.41. The van der Waals surface area contributed by atoms with E-state index in [-0.39, 0.29) is 24.0 Å². The quantitative estimate of drug-likeness (QED) is 0.353. The molecule has 7 nitrogen and oxygen atoms in total. The second-order valence-electron chi connectivity index (χ2n) is 6.83. The van der Waals surface area contributed by atoms with E-state index in [2.05, 4.69) is 15.6 Å². The summed E-state index contributed by atoms with van der Waals surface area (Å²) in [5.41, 5.74) is 3.54. The van der Waals surface area contributed by atoms with Crippen molar-refractivity contribution in [1.29, 1.82) is 0 Å². The van der Waals surface area contributed by atoms with Crippen LogP contribution in [0.1, 0.15) is 28.5 Å². The molecule has 3 aromatic rings. The minimum Gasteiger partial charge on any atom is -0.462 e. The number of esters is 1. The van der Waals surface area contributed by atoms with Crippen LogP contribution in [-0.4, -0.2) is 35.1 Å². The van der Waals surface area contributed by atoms with E-state index >= 15 is 0 Å². The van der Waals surface area contributed by atoms with Crippen LogP contribution in [0.5, 0.6) is 0 Å². The third-order valence-electron chi connectivity index (χ3n) is 4.21. The van der Waals surface area contributed by atoms with Gasteiger partial charge in [-0.25, -0.2) is 9.78 Å². The summed E-state index contributed by atoms with van der Waals surface area (Å²) in [5, 5.41) is 7.44. The molecule has 0 bridgehead atoms. The number of aromatic nitrogens is 1. The fourth-order valence-electron chi connectivity index (χ4n) is 2.67. The standard InChI is InChI=1S/C23H23N3O4S2/c1-3-30-22(29)16-6-10-18(11-7-16)24-20(27)12-19-13-31-23(26-19)32-14-21(28)25-17-8-4-15(2)5-9-17/h4-11,13H,3,12,14H2,1-2H3,(H,24,27)(H,25,28). The van der Waals surface area contributed by atoms with Gasteiger partial charge in [-0.1, -0.05) is 29.5 Å². The van der Waals surface area contributed by atoms with Gasteiger partial charge in [0.2, 0.25) is 11.8 Å². The summed E-state index contributed by atoms with van der Waals surface area (Å²) in [7, 11) is 0. The number of benzene rings is 2. The van der Waals surface area contributed by atoms with E-state index in [1.165, 1.54) is 23.1 Å². The van der Waals surface area contributed by atoms with Gasteiger partial charge in [0, 0.05) is 16.8 Å². The van der Waals surface area contributed by atoms with Crippen molar-refractivity contribution < 1.29 is 19.1 Å². The van der Waals surface area contributed by atoms with Gasteiger partial charge in [0.05, 0.1) is 30.0 Å². The van der Waals surface area contributed by atoms with Crippen LogP contribution in [0.15, 0.2) is 58.3 Å². The molecule has 1 heterocycles. The number of hydrogen-bond acceptors (Lipinski definition) is 7. The van der Waals surface area contributed by atoms with Crippen LogP contribution in [0, 0.1) is 6.92 Å². The lowest BCUT2D eigenvalue weighted by molar-refractivity contribution is -0.116. The number of nitrogens with one attached hydrogen (secondary N) is 2. The Balaban J connectivity index is 1.45. The van der Waals surface area contributed by atoms with Gasteiger partial charge >= 0.3 is 5.97 Å². The Morgan fingerprint density at radius 2 is 1.59 bits per heavy atom. The number of thioether (sulfide) groups is 1. The lowest BCUT2D eigenvalue weighted by Gasteiger charge is -2.06. The first kappa shape index (κ1) is 23.5.